The zero-order chi connectivity index (χ0) is 21.7. The maximum absolute atomic E-state index is 12.9. The van der Waals surface area contributed by atoms with Gasteiger partial charge in [-0.3, -0.25) is 14.6 Å². The van der Waals surface area contributed by atoms with Gasteiger partial charge in [0.25, 0.3) is 0 Å². The van der Waals surface area contributed by atoms with E-state index >= 15 is 0 Å². The molecule has 1 aliphatic carbocycles. The van der Waals surface area contributed by atoms with Crippen LogP contribution < -0.4 is 14.8 Å². The van der Waals surface area contributed by atoms with Gasteiger partial charge in [0.1, 0.15) is 0 Å². The number of piperazine rings is 1. The summed E-state index contributed by atoms with van der Waals surface area (Å²) in [6.45, 7) is 11.3. The molecule has 30 heavy (non-hydrogen) atoms. The van der Waals surface area contributed by atoms with E-state index in [1.54, 1.807) is 14.2 Å². The molecule has 2 aliphatic rings. The third kappa shape index (κ3) is 5.46. The van der Waals surface area contributed by atoms with Gasteiger partial charge in [-0.1, -0.05) is 32.8 Å². The van der Waals surface area contributed by atoms with E-state index in [1.807, 2.05) is 12.1 Å². The van der Waals surface area contributed by atoms with Crippen LogP contribution in [0.5, 0.6) is 11.5 Å². The minimum atomic E-state index is -0.0716. The second-order valence-electron chi connectivity index (χ2n) is 9.06. The Balaban J connectivity index is 1.48. The first-order valence-corrected chi connectivity index (χ1v) is 11.4. The number of methoxy groups -OCH3 is 2. The number of rotatable bonds is 7. The fourth-order valence-corrected chi connectivity index (χ4v) is 4.80. The third-order valence-electron chi connectivity index (χ3n) is 7.22. The fourth-order valence-electron chi connectivity index (χ4n) is 4.80. The SMILES string of the molecule is COc1ccc(CN2CCN([C@H](C)C(=O)N[C@@H]3CCC[C@H](C)[C@H]3C)CC2)cc1OC. The summed E-state index contributed by atoms with van der Waals surface area (Å²) in [4.78, 5) is 17.6. The number of hydrogen-bond acceptors (Lipinski definition) is 5. The number of nitrogens with zero attached hydrogens (tertiary/aromatic N) is 2. The van der Waals surface area contributed by atoms with Crippen molar-refractivity contribution < 1.29 is 14.3 Å². The van der Waals surface area contributed by atoms with Crippen LogP contribution in [0.3, 0.4) is 0 Å². The smallest absolute Gasteiger partial charge is 0.237 e. The molecule has 168 valence electrons. The summed E-state index contributed by atoms with van der Waals surface area (Å²) in [7, 11) is 3.32. The second kappa shape index (κ2) is 10.5. The molecule has 3 rings (SSSR count). The number of amides is 1. The van der Waals surface area contributed by atoms with Crippen LogP contribution in [0.1, 0.15) is 45.6 Å². The van der Waals surface area contributed by atoms with E-state index in [9.17, 15) is 4.79 Å². The van der Waals surface area contributed by atoms with Crippen molar-refractivity contribution in [3.63, 3.8) is 0 Å². The van der Waals surface area contributed by atoms with Gasteiger partial charge in [0.15, 0.2) is 11.5 Å². The van der Waals surface area contributed by atoms with Crippen LogP contribution in [-0.2, 0) is 11.3 Å². The Morgan fingerprint density at radius 1 is 1.10 bits per heavy atom. The van der Waals surface area contributed by atoms with Gasteiger partial charge >= 0.3 is 0 Å². The maximum Gasteiger partial charge on any atom is 0.237 e. The zero-order valence-electron chi connectivity index (χ0n) is 19.3. The molecular formula is C24H39N3O3. The topological polar surface area (TPSA) is 54.0 Å². The Labute approximate surface area is 181 Å². The summed E-state index contributed by atoms with van der Waals surface area (Å²) >= 11 is 0. The molecule has 6 nitrogen and oxygen atoms in total. The minimum Gasteiger partial charge on any atom is -0.493 e. The zero-order valence-corrected chi connectivity index (χ0v) is 19.3. The lowest BCUT2D eigenvalue weighted by molar-refractivity contribution is -0.128. The first-order valence-electron chi connectivity index (χ1n) is 11.4. The van der Waals surface area contributed by atoms with Gasteiger partial charge < -0.3 is 14.8 Å². The number of ether oxygens (including phenoxy) is 2. The predicted molar refractivity (Wildman–Crippen MR) is 120 cm³/mol. The number of carbonyl (C=O) groups is 1. The highest BCUT2D eigenvalue weighted by Crippen LogP contribution is 2.30. The molecule has 1 aromatic carbocycles. The molecule has 0 aromatic heterocycles. The normalized spacial score (nSPS) is 26.8. The molecule has 0 unspecified atom stereocenters. The summed E-state index contributed by atoms with van der Waals surface area (Å²) in [6, 6.07) is 6.36. The van der Waals surface area contributed by atoms with E-state index in [0.717, 1.165) is 50.6 Å². The van der Waals surface area contributed by atoms with Gasteiger partial charge in [-0.2, -0.15) is 0 Å². The minimum absolute atomic E-state index is 0.0716. The van der Waals surface area contributed by atoms with Gasteiger partial charge in [0.05, 0.1) is 20.3 Å². The standard InChI is InChI=1S/C24H39N3O3/c1-17-7-6-8-21(18(17)2)25-24(28)19(3)27-13-11-26(12-14-27)16-20-9-10-22(29-4)23(15-20)30-5/h9-10,15,17-19,21H,6-8,11-14,16H2,1-5H3,(H,25,28)/t17-,18+,19+,21+/m0/s1. The highest BCUT2D eigenvalue weighted by atomic mass is 16.5. The van der Waals surface area contributed by atoms with Crippen LogP contribution in [0.15, 0.2) is 18.2 Å². The molecule has 1 amide bonds. The average molecular weight is 418 g/mol. The van der Waals surface area contributed by atoms with Crippen molar-refractivity contribution in [2.24, 2.45) is 11.8 Å². The van der Waals surface area contributed by atoms with Crippen molar-refractivity contribution in [2.75, 3.05) is 40.4 Å². The Hall–Kier alpha value is -1.79. The summed E-state index contributed by atoms with van der Waals surface area (Å²) in [5, 5.41) is 3.35. The highest BCUT2D eigenvalue weighted by molar-refractivity contribution is 5.81. The lowest BCUT2D eigenvalue weighted by Crippen LogP contribution is -2.56. The van der Waals surface area contributed by atoms with Crippen LogP contribution in [0.25, 0.3) is 0 Å². The third-order valence-corrected chi connectivity index (χ3v) is 7.22. The molecule has 0 bridgehead atoms. The summed E-state index contributed by atoms with van der Waals surface area (Å²) in [6.07, 6.45) is 3.62. The average Bonchev–Trinajstić information content (AvgIpc) is 2.76. The first kappa shape index (κ1) is 22.9. The van der Waals surface area contributed by atoms with Crippen LogP contribution in [-0.4, -0.2) is 68.2 Å². The molecule has 1 aromatic rings. The van der Waals surface area contributed by atoms with E-state index in [1.165, 1.54) is 18.4 Å². The molecule has 0 radical (unpaired) electrons. The van der Waals surface area contributed by atoms with E-state index in [4.69, 9.17) is 9.47 Å². The van der Waals surface area contributed by atoms with E-state index in [0.29, 0.717) is 17.9 Å². The summed E-state index contributed by atoms with van der Waals surface area (Å²) < 4.78 is 10.7. The lowest BCUT2D eigenvalue weighted by atomic mass is 9.78. The molecule has 4 atom stereocenters. The number of hydrogen-bond donors (Lipinski definition) is 1. The van der Waals surface area contributed by atoms with Crippen molar-refractivity contribution in [3.05, 3.63) is 23.8 Å². The van der Waals surface area contributed by atoms with Crippen molar-refractivity contribution in [3.8, 4) is 11.5 Å². The molecule has 0 spiro atoms. The van der Waals surface area contributed by atoms with Gasteiger partial charge in [-0.05, 0) is 42.9 Å². The number of carbonyl (C=O) groups excluding carboxylic acids is 1. The lowest BCUT2D eigenvalue weighted by Gasteiger charge is -2.39. The van der Waals surface area contributed by atoms with Gasteiger partial charge in [-0.15, -0.1) is 0 Å². The van der Waals surface area contributed by atoms with Crippen molar-refractivity contribution in [2.45, 2.75) is 58.7 Å². The Morgan fingerprint density at radius 3 is 2.47 bits per heavy atom. The van der Waals surface area contributed by atoms with Crippen molar-refractivity contribution in [1.82, 2.24) is 15.1 Å². The van der Waals surface area contributed by atoms with E-state index in [2.05, 4.69) is 42.0 Å². The highest BCUT2D eigenvalue weighted by Gasteiger charge is 2.31. The van der Waals surface area contributed by atoms with Crippen molar-refractivity contribution >= 4 is 5.91 Å². The molecular weight excluding hydrogens is 378 g/mol. The van der Waals surface area contributed by atoms with Crippen LogP contribution in [0.2, 0.25) is 0 Å². The Morgan fingerprint density at radius 2 is 1.80 bits per heavy atom. The van der Waals surface area contributed by atoms with Crippen molar-refractivity contribution in [1.29, 1.82) is 0 Å². The molecule has 1 N–H and O–H groups in total. The number of benzene rings is 1. The van der Waals surface area contributed by atoms with E-state index < -0.39 is 0 Å². The monoisotopic (exact) mass is 417 g/mol. The second-order valence-corrected chi connectivity index (χ2v) is 9.06. The molecule has 1 heterocycles. The summed E-state index contributed by atoms with van der Waals surface area (Å²) in [5.41, 5.74) is 1.22. The van der Waals surface area contributed by atoms with Gasteiger partial charge in [0.2, 0.25) is 5.91 Å². The summed E-state index contributed by atoms with van der Waals surface area (Å²) in [5.74, 6) is 2.97. The largest absolute Gasteiger partial charge is 0.493 e. The predicted octanol–water partition coefficient (Wildman–Crippen LogP) is 3.15. The first-order chi connectivity index (χ1) is 14.4. The fraction of sp³-hybridized carbons (Fsp3) is 0.708. The van der Waals surface area contributed by atoms with Gasteiger partial charge in [-0.25, -0.2) is 0 Å². The van der Waals surface area contributed by atoms with Crippen LogP contribution >= 0.6 is 0 Å². The molecule has 6 heteroatoms. The Kier molecular flexibility index (Phi) is 8.00. The Bertz CT molecular complexity index is 703. The quantitative estimate of drug-likeness (QED) is 0.739. The molecule has 1 saturated heterocycles. The molecule has 2 fully saturated rings. The van der Waals surface area contributed by atoms with Crippen LogP contribution in [0.4, 0.5) is 0 Å². The van der Waals surface area contributed by atoms with Gasteiger partial charge in [0, 0.05) is 38.8 Å². The molecule has 1 saturated carbocycles. The number of nitrogens with one attached hydrogen (secondary N) is 1. The van der Waals surface area contributed by atoms with Crippen LogP contribution in [0, 0.1) is 11.8 Å². The van der Waals surface area contributed by atoms with E-state index in [-0.39, 0.29) is 11.9 Å². The molecule has 1 aliphatic heterocycles. The maximum atomic E-state index is 12.9.